The summed E-state index contributed by atoms with van der Waals surface area (Å²) >= 11 is 1.65. The van der Waals surface area contributed by atoms with Gasteiger partial charge >= 0.3 is 6.03 Å². The maximum atomic E-state index is 12.3. The van der Waals surface area contributed by atoms with E-state index in [1.807, 2.05) is 18.7 Å². The van der Waals surface area contributed by atoms with Gasteiger partial charge in [-0.15, -0.1) is 11.3 Å². The normalized spacial score (nSPS) is 15.6. The number of nitrogens with zero attached hydrogens (tertiary/aromatic N) is 3. The summed E-state index contributed by atoms with van der Waals surface area (Å²) in [5, 5.41) is 3.82. The summed E-state index contributed by atoms with van der Waals surface area (Å²) in [4.78, 5) is 33.4. The van der Waals surface area contributed by atoms with E-state index in [1.54, 1.807) is 23.3 Å². The van der Waals surface area contributed by atoms with Gasteiger partial charge in [0.2, 0.25) is 5.91 Å². The zero-order valence-electron chi connectivity index (χ0n) is 14.4. The topological polar surface area (TPSA) is 65.5 Å². The van der Waals surface area contributed by atoms with Gasteiger partial charge in [-0.1, -0.05) is 6.92 Å². The molecule has 0 radical (unpaired) electrons. The molecule has 1 saturated heterocycles. The number of thiazole rings is 1. The molecule has 0 spiro atoms. The van der Waals surface area contributed by atoms with Crippen molar-refractivity contribution in [1.29, 1.82) is 0 Å². The van der Waals surface area contributed by atoms with Crippen molar-refractivity contribution in [1.82, 2.24) is 20.1 Å². The van der Waals surface area contributed by atoms with Crippen molar-refractivity contribution in [3.63, 3.8) is 0 Å². The fourth-order valence-electron chi connectivity index (χ4n) is 2.71. The molecule has 0 saturated carbocycles. The molecule has 0 unspecified atom stereocenters. The monoisotopic (exact) mass is 338 g/mol. The first-order chi connectivity index (χ1) is 10.9. The van der Waals surface area contributed by atoms with Gasteiger partial charge in [0.15, 0.2) is 0 Å². The van der Waals surface area contributed by atoms with Gasteiger partial charge in [-0.25, -0.2) is 9.78 Å². The highest BCUT2D eigenvalue weighted by molar-refractivity contribution is 7.11. The fraction of sp³-hybridized carbons (Fsp3) is 0.688. The number of aromatic nitrogens is 1. The van der Waals surface area contributed by atoms with E-state index < -0.39 is 0 Å². The van der Waals surface area contributed by atoms with Gasteiger partial charge in [0, 0.05) is 25.0 Å². The van der Waals surface area contributed by atoms with E-state index in [9.17, 15) is 9.59 Å². The second-order valence-electron chi connectivity index (χ2n) is 5.94. The molecule has 6 nitrogen and oxygen atoms in total. The average molecular weight is 338 g/mol. The number of carbonyl (C=O) groups is 2. The van der Waals surface area contributed by atoms with E-state index in [4.69, 9.17) is 0 Å². The molecule has 0 aliphatic carbocycles. The van der Waals surface area contributed by atoms with E-state index >= 15 is 0 Å². The molecule has 7 heteroatoms. The van der Waals surface area contributed by atoms with E-state index in [0.29, 0.717) is 0 Å². The van der Waals surface area contributed by atoms with Crippen LogP contribution in [0.5, 0.6) is 0 Å². The van der Waals surface area contributed by atoms with Crippen LogP contribution < -0.4 is 5.32 Å². The van der Waals surface area contributed by atoms with E-state index in [0.717, 1.165) is 47.9 Å². The number of amides is 3. The van der Waals surface area contributed by atoms with Gasteiger partial charge in [0.1, 0.15) is 0 Å². The number of urea groups is 1. The molecule has 0 bridgehead atoms. The van der Waals surface area contributed by atoms with E-state index in [2.05, 4.69) is 17.2 Å². The summed E-state index contributed by atoms with van der Waals surface area (Å²) < 4.78 is 0. The molecular weight excluding hydrogens is 312 g/mol. The van der Waals surface area contributed by atoms with Crippen molar-refractivity contribution in [2.24, 2.45) is 0 Å². The first-order valence-corrected chi connectivity index (χ1v) is 9.00. The van der Waals surface area contributed by atoms with E-state index in [1.165, 1.54) is 0 Å². The molecule has 2 rings (SSSR count). The molecule has 0 aromatic carbocycles. The third-order valence-electron chi connectivity index (χ3n) is 4.31. The minimum atomic E-state index is -0.226. The average Bonchev–Trinajstić information content (AvgIpc) is 3.20. The van der Waals surface area contributed by atoms with Crippen molar-refractivity contribution in [2.75, 3.05) is 26.7 Å². The Morgan fingerprint density at radius 2 is 2.04 bits per heavy atom. The summed E-state index contributed by atoms with van der Waals surface area (Å²) in [5.74, 6) is -0.000793. The van der Waals surface area contributed by atoms with Crippen LogP contribution >= 0.6 is 11.3 Å². The number of rotatable bonds is 5. The van der Waals surface area contributed by atoms with Crippen molar-refractivity contribution >= 4 is 23.3 Å². The number of aryl methyl sites for hydroxylation is 2. The van der Waals surface area contributed by atoms with Crippen LogP contribution in [0.3, 0.4) is 0 Å². The van der Waals surface area contributed by atoms with Crippen LogP contribution in [0.4, 0.5) is 4.79 Å². The second-order valence-corrected chi connectivity index (χ2v) is 7.06. The number of hydrogen-bond acceptors (Lipinski definition) is 4. The molecule has 2 heterocycles. The molecule has 3 amide bonds. The van der Waals surface area contributed by atoms with Crippen molar-refractivity contribution in [3.05, 3.63) is 15.6 Å². The smallest absolute Gasteiger partial charge is 0.318 e. The van der Waals surface area contributed by atoms with Crippen LogP contribution in [0.2, 0.25) is 0 Å². The first kappa shape index (κ1) is 17.7. The number of hydrogen-bond donors (Lipinski definition) is 1. The highest BCUT2D eigenvalue weighted by Gasteiger charge is 2.23. The van der Waals surface area contributed by atoms with Gasteiger partial charge in [0.05, 0.1) is 23.3 Å². The van der Waals surface area contributed by atoms with Crippen LogP contribution in [-0.2, 0) is 11.2 Å². The summed E-state index contributed by atoms with van der Waals surface area (Å²) in [7, 11) is 1.76. The van der Waals surface area contributed by atoms with Gasteiger partial charge in [0.25, 0.3) is 0 Å². The van der Waals surface area contributed by atoms with E-state index in [-0.39, 0.29) is 24.5 Å². The minimum absolute atomic E-state index is 0.000793. The molecule has 23 heavy (non-hydrogen) atoms. The molecule has 1 atom stereocenters. The first-order valence-electron chi connectivity index (χ1n) is 8.18. The maximum absolute atomic E-state index is 12.3. The largest absolute Gasteiger partial charge is 0.341 e. The standard InChI is InChI=1S/C16H26N4O2S/c1-5-13-18-11(2)15(23-13)12(3)19(4)16(22)17-10-14(21)20-8-6-7-9-20/h12H,5-10H2,1-4H3,(H,17,22)/t12-/m1/s1. The zero-order chi connectivity index (χ0) is 17.0. The lowest BCUT2D eigenvalue weighted by atomic mass is 10.2. The second kappa shape index (κ2) is 7.77. The zero-order valence-corrected chi connectivity index (χ0v) is 15.2. The lowest BCUT2D eigenvalue weighted by molar-refractivity contribution is -0.129. The molecule has 1 fully saturated rings. The predicted molar refractivity (Wildman–Crippen MR) is 91.6 cm³/mol. The van der Waals surface area contributed by atoms with Crippen LogP contribution in [0.1, 0.15) is 48.3 Å². The summed E-state index contributed by atoms with van der Waals surface area (Å²) in [6.45, 7) is 7.72. The molecule has 1 aliphatic rings. The molecule has 1 N–H and O–H groups in total. The number of nitrogens with one attached hydrogen (secondary N) is 1. The predicted octanol–water partition coefficient (Wildman–Crippen LogP) is 2.34. The Bertz CT molecular complexity index is 566. The number of likely N-dealkylation sites (tertiary alicyclic amines) is 1. The molecule has 1 aliphatic heterocycles. The van der Waals surface area contributed by atoms with Crippen molar-refractivity contribution in [2.45, 2.75) is 46.1 Å². The Morgan fingerprint density at radius 1 is 1.39 bits per heavy atom. The summed E-state index contributed by atoms with van der Waals surface area (Å²) in [6.07, 6.45) is 3.01. The lowest BCUT2D eigenvalue weighted by Gasteiger charge is -2.25. The third kappa shape index (κ3) is 4.22. The highest BCUT2D eigenvalue weighted by Crippen LogP contribution is 2.28. The molecule has 1 aromatic heterocycles. The lowest BCUT2D eigenvalue weighted by Crippen LogP contribution is -2.44. The SMILES string of the molecule is CCc1nc(C)c([C@@H](C)N(C)C(=O)NCC(=O)N2CCCC2)s1. The van der Waals surface area contributed by atoms with Crippen molar-refractivity contribution in [3.8, 4) is 0 Å². The molecule has 128 valence electrons. The third-order valence-corrected chi connectivity index (χ3v) is 5.78. The Labute approximate surface area is 141 Å². The van der Waals surface area contributed by atoms with Crippen LogP contribution in [-0.4, -0.2) is 53.4 Å². The summed E-state index contributed by atoms with van der Waals surface area (Å²) in [6, 6.07) is -0.286. The molecule has 1 aromatic rings. The number of carbonyl (C=O) groups excluding carboxylic acids is 2. The maximum Gasteiger partial charge on any atom is 0.318 e. The van der Waals surface area contributed by atoms with Crippen molar-refractivity contribution < 1.29 is 9.59 Å². The van der Waals surface area contributed by atoms with Crippen LogP contribution in [0, 0.1) is 6.92 Å². The quantitative estimate of drug-likeness (QED) is 0.896. The fourth-order valence-corrected chi connectivity index (χ4v) is 3.81. The minimum Gasteiger partial charge on any atom is -0.341 e. The highest BCUT2D eigenvalue weighted by atomic mass is 32.1. The van der Waals surface area contributed by atoms with Gasteiger partial charge in [-0.05, 0) is 33.1 Å². The Balaban J connectivity index is 1.90. The van der Waals surface area contributed by atoms with Gasteiger partial charge in [-0.2, -0.15) is 0 Å². The van der Waals surface area contributed by atoms with Gasteiger partial charge in [-0.3, -0.25) is 4.79 Å². The Morgan fingerprint density at radius 3 is 2.61 bits per heavy atom. The molecular formula is C16H26N4O2S. The summed E-state index contributed by atoms with van der Waals surface area (Å²) in [5.41, 5.74) is 0.979. The Hall–Kier alpha value is -1.63. The Kier molecular flexibility index (Phi) is 5.98. The van der Waals surface area contributed by atoms with Crippen LogP contribution in [0.25, 0.3) is 0 Å². The van der Waals surface area contributed by atoms with Gasteiger partial charge < -0.3 is 15.1 Å². The van der Waals surface area contributed by atoms with Crippen LogP contribution in [0.15, 0.2) is 0 Å².